The summed E-state index contributed by atoms with van der Waals surface area (Å²) in [5, 5.41) is 0. The van der Waals surface area contributed by atoms with E-state index in [0.29, 0.717) is 0 Å². The molecule has 0 spiro atoms. The second kappa shape index (κ2) is 13.0. The van der Waals surface area contributed by atoms with Gasteiger partial charge in [-0.2, -0.15) is 0 Å². The molecule has 0 unspecified atom stereocenters. The van der Waals surface area contributed by atoms with Crippen molar-refractivity contribution in [3.8, 4) is 0 Å². The Morgan fingerprint density at radius 2 is 1.95 bits per heavy atom. The van der Waals surface area contributed by atoms with Crippen molar-refractivity contribution in [2.45, 2.75) is 53.4 Å². The van der Waals surface area contributed by atoms with Crippen molar-refractivity contribution in [3.63, 3.8) is 0 Å². The Hall–Kier alpha value is -1.70. The van der Waals surface area contributed by atoms with Gasteiger partial charge in [0.2, 0.25) is 0 Å². The Morgan fingerprint density at radius 1 is 1.23 bits per heavy atom. The topological polar surface area (TPSA) is 18.5 Å². The highest BCUT2D eigenvalue weighted by atomic mass is 16.5. The number of hydrogen-bond acceptors (Lipinski definition) is 2. The fourth-order valence-electron chi connectivity index (χ4n) is 1.96. The maximum atomic E-state index is 5.86. The molecule has 0 aromatic heterocycles. The number of methoxy groups -OCH3 is 1. The highest BCUT2D eigenvalue weighted by Gasteiger charge is 2.02. The zero-order valence-electron chi connectivity index (χ0n) is 14.9. The first-order valence-corrected chi connectivity index (χ1v) is 8.16. The van der Waals surface area contributed by atoms with Gasteiger partial charge in [-0.3, -0.25) is 0 Å². The van der Waals surface area contributed by atoms with Crippen molar-refractivity contribution in [1.82, 2.24) is 0 Å². The summed E-state index contributed by atoms with van der Waals surface area (Å²) in [6.07, 6.45) is 14.3. The zero-order valence-corrected chi connectivity index (χ0v) is 14.9. The van der Waals surface area contributed by atoms with E-state index in [1.54, 1.807) is 7.11 Å². The van der Waals surface area contributed by atoms with Crippen LogP contribution in [0.1, 0.15) is 53.4 Å². The predicted molar refractivity (Wildman–Crippen MR) is 96.7 cm³/mol. The normalized spacial score (nSPS) is 14.0. The van der Waals surface area contributed by atoms with Crippen molar-refractivity contribution in [2.24, 2.45) is 0 Å². The SMILES string of the molecule is C=CC(/C=C/C/C=C(CC)\C(=C/C)OCCCC)=C(\C)OC. The van der Waals surface area contributed by atoms with Gasteiger partial charge in [0.25, 0.3) is 0 Å². The fraction of sp³-hybridized carbons (Fsp3) is 0.500. The monoisotopic (exact) mass is 304 g/mol. The van der Waals surface area contributed by atoms with Crippen LogP contribution in [-0.2, 0) is 9.47 Å². The first kappa shape index (κ1) is 20.3. The Labute approximate surface area is 136 Å². The maximum Gasteiger partial charge on any atom is 0.117 e. The lowest BCUT2D eigenvalue weighted by molar-refractivity contribution is 0.213. The predicted octanol–water partition coefficient (Wildman–Crippen LogP) is 6.10. The standard InChI is InChI=1S/C20H32O2/c1-7-11-16-22-20(10-4)19(9-3)15-13-12-14-18(8-2)17(5)21-6/h8,10,12,14-15H,2,7,9,11,13,16H2,1,3-6H3/b14-12+,18-17-,19-15-,20-10+. The molecule has 0 aromatic carbocycles. The van der Waals surface area contributed by atoms with Gasteiger partial charge in [0.05, 0.1) is 19.5 Å². The lowest BCUT2D eigenvalue weighted by Crippen LogP contribution is -1.98. The molecule has 22 heavy (non-hydrogen) atoms. The molecule has 0 aliphatic heterocycles. The highest BCUT2D eigenvalue weighted by Crippen LogP contribution is 2.17. The van der Waals surface area contributed by atoms with Gasteiger partial charge in [0.15, 0.2) is 0 Å². The van der Waals surface area contributed by atoms with E-state index in [1.165, 1.54) is 5.57 Å². The van der Waals surface area contributed by atoms with E-state index < -0.39 is 0 Å². The minimum Gasteiger partial charge on any atom is -0.501 e. The number of allylic oxidation sites excluding steroid dienone is 8. The van der Waals surface area contributed by atoms with Crippen LogP contribution in [-0.4, -0.2) is 13.7 Å². The average Bonchev–Trinajstić information content (AvgIpc) is 2.55. The molecule has 0 saturated carbocycles. The molecular formula is C20H32O2. The highest BCUT2D eigenvalue weighted by molar-refractivity contribution is 5.32. The van der Waals surface area contributed by atoms with E-state index >= 15 is 0 Å². The van der Waals surface area contributed by atoms with Gasteiger partial charge in [0.1, 0.15) is 5.76 Å². The molecule has 2 heteroatoms. The second-order valence-electron chi connectivity index (χ2n) is 5.00. The first-order chi connectivity index (χ1) is 10.6. The molecule has 0 heterocycles. The van der Waals surface area contributed by atoms with Gasteiger partial charge in [-0.25, -0.2) is 0 Å². The summed E-state index contributed by atoms with van der Waals surface area (Å²) in [5.41, 5.74) is 2.27. The fourth-order valence-corrected chi connectivity index (χ4v) is 1.96. The molecule has 2 nitrogen and oxygen atoms in total. The van der Waals surface area contributed by atoms with Crippen LogP contribution < -0.4 is 0 Å². The van der Waals surface area contributed by atoms with Crippen LogP contribution >= 0.6 is 0 Å². The first-order valence-electron chi connectivity index (χ1n) is 8.16. The zero-order chi connectivity index (χ0) is 16.8. The third-order valence-electron chi connectivity index (χ3n) is 3.45. The van der Waals surface area contributed by atoms with Crippen LogP contribution in [0.15, 0.2) is 59.6 Å². The molecule has 0 N–H and O–H groups in total. The van der Waals surface area contributed by atoms with Gasteiger partial charge >= 0.3 is 0 Å². The third-order valence-corrected chi connectivity index (χ3v) is 3.45. The number of ether oxygens (including phenoxy) is 2. The van der Waals surface area contributed by atoms with Crippen LogP contribution in [0.3, 0.4) is 0 Å². The average molecular weight is 304 g/mol. The van der Waals surface area contributed by atoms with Crippen LogP contribution in [0, 0.1) is 0 Å². The van der Waals surface area contributed by atoms with E-state index in [0.717, 1.165) is 49.4 Å². The van der Waals surface area contributed by atoms with E-state index in [-0.39, 0.29) is 0 Å². The maximum absolute atomic E-state index is 5.86. The molecule has 124 valence electrons. The van der Waals surface area contributed by atoms with Gasteiger partial charge in [0, 0.05) is 5.57 Å². The summed E-state index contributed by atoms with van der Waals surface area (Å²) in [6, 6.07) is 0. The lowest BCUT2D eigenvalue weighted by Gasteiger charge is -2.12. The minimum absolute atomic E-state index is 0.791. The van der Waals surface area contributed by atoms with E-state index in [1.807, 2.05) is 26.0 Å². The van der Waals surface area contributed by atoms with Gasteiger partial charge in [-0.1, -0.05) is 51.2 Å². The van der Waals surface area contributed by atoms with Crippen molar-refractivity contribution in [1.29, 1.82) is 0 Å². The lowest BCUT2D eigenvalue weighted by atomic mass is 10.1. The molecule has 0 saturated heterocycles. The Morgan fingerprint density at radius 3 is 2.45 bits per heavy atom. The summed E-state index contributed by atoms with van der Waals surface area (Å²) in [6.45, 7) is 12.9. The molecule has 0 fully saturated rings. The largest absolute Gasteiger partial charge is 0.501 e. The Bertz CT molecular complexity index is 437. The molecule has 0 bridgehead atoms. The van der Waals surface area contributed by atoms with Crippen molar-refractivity contribution >= 4 is 0 Å². The Balaban J connectivity index is 4.75. The van der Waals surface area contributed by atoms with Crippen molar-refractivity contribution in [3.05, 3.63) is 59.6 Å². The minimum atomic E-state index is 0.791. The number of hydrogen-bond donors (Lipinski definition) is 0. The van der Waals surface area contributed by atoms with Crippen LogP contribution in [0.4, 0.5) is 0 Å². The molecule has 0 amide bonds. The summed E-state index contributed by atoms with van der Waals surface area (Å²) in [7, 11) is 1.67. The Kier molecular flexibility index (Phi) is 12.0. The molecule has 0 aliphatic rings. The summed E-state index contributed by atoms with van der Waals surface area (Å²) in [4.78, 5) is 0. The number of rotatable bonds is 11. The molecule has 0 radical (unpaired) electrons. The number of unbranched alkanes of at least 4 members (excludes halogenated alkanes) is 1. The smallest absolute Gasteiger partial charge is 0.117 e. The van der Waals surface area contributed by atoms with Crippen LogP contribution in [0.5, 0.6) is 0 Å². The molecule has 0 aliphatic carbocycles. The van der Waals surface area contributed by atoms with Crippen molar-refractivity contribution < 1.29 is 9.47 Å². The van der Waals surface area contributed by atoms with E-state index in [9.17, 15) is 0 Å². The van der Waals surface area contributed by atoms with E-state index in [2.05, 4.69) is 38.7 Å². The second-order valence-corrected chi connectivity index (χ2v) is 5.00. The van der Waals surface area contributed by atoms with Gasteiger partial charge in [-0.05, 0) is 44.8 Å². The molecule has 0 aromatic rings. The van der Waals surface area contributed by atoms with Gasteiger partial charge < -0.3 is 9.47 Å². The van der Waals surface area contributed by atoms with Crippen LogP contribution in [0.25, 0.3) is 0 Å². The summed E-state index contributed by atoms with van der Waals surface area (Å²) < 4.78 is 11.1. The van der Waals surface area contributed by atoms with Crippen LogP contribution in [0.2, 0.25) is 0 Å². The quantitative estimate of drug-likeness (QED) is 0.261. The summed E-state index contributed by atoms with van der Waals surface area (Å²) >= 11 is 0. The molecule has 0 atom stereocenters. The summed E-state index contributed by atoms with van der Waals surface area (Å²) in [5.74, 6) is 1.89. The third kappa shape index (κ3) is 7.92. The van der Waals surface area contributed by atoms with Crippen molar-refractivity contribution in [2.75, 3.05) is 13.7 Å². The molecule has 0 rings (SSSR count). The van der Waals surface area contributed by atoms with Gasteiger partial charge in [-0.15, -0.1) is 0 Å². The molecular weight excluding hydrogens is 272 g/mol. The van der Waals surface area contributed by atoms with E-state index in [4.69, 9.17) is 9.47 Å².